The summed E-state index contributed by atoms with van der Waals surface area (Å²) in [6.45, 7) is 7.30. The van der Waals surface area contributed by atoms with Gasteiger partial charge in [-0.1, -0.05) is 20.8 Å². The zero-order valence-electron chi connectivity index (χ0n) is 20.1. The number of hydrogen-bond donors (Lipinski definition) is 1. The van der Waals surface area contributed by atoms with E-state index in [0.717, 1.165) is 42.1 Å². The van der Waals surface area contributed by atoms with Crippen molar-refractivity contribution in [3.8, 4) is 6.07 Å². The van der Waals surface area contributed by atoms with Gasteiger partial charge in [0.2, 0.25) is 0 Å². The highest BCUT2D eigenvalue weighted by molar-refractivity contribution is 5.82. The number of nitriles is 1. The summed E-state index contributed by atoms with van der Waals surface area (Å²) < 4.78 is 1.66. The molecule has 0 aromatic carbocycles. The third-order valence-corrected chi connectivity index (χ3v) is 9.99. The third-order valence-electron chi connectivity index (χ3n) is 9.99. The number of carbonyl (C=O) groups excluding carboxylic acids is 1. The molecule has 1 aromatic rings. The zero-order valence-corrected chi connectivity index (χ0v) is 20.1. The Morgan fingerprint density at radius 3 is 2.75 bits per heavy atom. The number of Topliss-reactive ketones (excluding diaryl/α,β-unsaturated/α-hetero) is 1. The SMILES string of the molecule is CC(C)N[C@H]1CC[C@H]2[C@H](CC[C@@H]3[C@@H]2CC[C@]2(C)[C@@H](C(=O)Cn4cc(C#N)cn4)CC[C@@H]32)C1. The quantitative estimate of drug-likeness (QED) is 0.708. The molecule has 32 heavy (non-hydrogen) atoms. The molecule has 0 bridgehead atoms. The number of nitrogens with zero attached hydrogens (tertiary/aromatic N) is 3. The minimum Gasteiger partial charge on any atom is -0.312 e. The fourth-order valence-corrected chi connectivity index (χ4v) is 8.78. The van der Waals surface area contributed by atoms with Crippen LogP contribution in [0.1, 0.15) is 84.1 Å². The number of ketones is 1. The molecule has 1 N–H and O–H groups in total. The molecule has 0 amide bonds. The molecule has 5 rings (SSSR count). The first-order chi connectivity index (χ1) is 15.4. The molecule has 1 heterocycles. The fraction of sp³-hybridized carbons (Fsp3) is 0.815. The summed E-state index contributed by atoms with van der Waals surface area (Å²) >= 11 is 0. The molecule has 4 aliphatic carbocycles. The maximum absolute atomic E-state index is 13.3. The molecule has 4 aliphatic rings. The van der Waals surface area contributed by atoms with E-state index < -0.39 is 0 Å². The Bertz CT molecular complexity index is 884. The largest absolute Gasteiger partial charge is 0.312 e. The van der Waals surface area contributed by atoms with Crippen molar-refractivity contribution >= 4 is 5.78 Å². The molecule has 1 aromatic heterocycles. The first-order valence-corrected chi connectivity index (χ1v) is 13.1. The van der Waals surface area contributed by atoms with Crippen LogP contribution in [0, 0.1) is 52.3 Å². The molecule has 0 unspecified atom stereocenters. The van der Waals surface area contributed by atoms with E-state index >= 15 is 0 Å². The van der Waals surface area contributed by atoms with Gasteiger partial charge in [-0.05, 0) is 92.8 Å². The number of nitrogens with one attached hydrogen (secondary N) is 1. The van der Waals surface area contributed by atoms with E-state index in [9.17, 15) is 4.79 Å². The number of rotatable bonds is 5. The Morgan fingerprint density at radius 1 is 1.19 bits per heavy atom. The smallest absolute Gasteiger partial charge is 0.157 e. The molecule has 5 nitrogen and oxygen atoms in total. The predicted octanol–water partition coefficient (Wildman–Crippen LogP) is 4.96. The van der Waals surface area contributed by atoms with Crippen LogP contribution in [-0.2, 0) is 11.3 Å². The lowest BCUT2D eigenvalue weighted by Gasteiger charge is -2.56. The first-order valence-electron chi connectivity index (χ1n) is 13.1. The van der Waals surface area contributed by atoms with Gasteiger partial charge in [-0.2, -0.15) is 10.4 Å². The highest BCUT2D eigenvalue weighted by atomic mass is 16.1. The summed E-state index contributed by atoms with van der Waals surface area (Å²) in [5, 5.41) is 17.1. The second-order valence-corrected chi connectivity index (χ2v) is 11.9. The van der Waals surface area contributed by atoms with Crippen molar-refractivity contribution in [2.24, 2.45) is 40.9 Å². The van der Waals surface area contributed by atoms with Gasteiger partial charge in [0.05, 0.1) is 18.3 Å². The Morgan fingerprint density at radius 2 is 2.00 bits per heavy atom. The maximum Gasteiger partial charge on any atom is 0.157 e. The second kappa shape index (κ2) is 8.60. The van der Waals surface area contributed by atoms with Gasteiger partial charge >= 0.3 is 0 Å². The standard InChI is InChI=1S/C27H40N4O/c1-17(2)30-20-5-7-21-19(12-20)4-6-23-22(21)10-11-27(3)24(23)8-9-25(27)26(32)16-31-15-18(13-28)14-29-31/h14-15,17,19-25,30H,4-12,16H2,1-3H3/t19-,20+,21+,22-,23-,24+,25-,27+/m1/s1. The van der Waals surface area contributed by atoms with E-state index in [4.69, 9.17) is 5.26 Å². The van der Waals surface area contributed by atoms with E-state index in [0.29, 0.717) is 23.9 Å². The molecule has 5 heteroatoms. The van der Waals surface area contributed by atoms with E-state index in [-0.39, 0.29) is 11.3 Å². The first kappa shape index (κ1) is 22.1. The van der Waals surface area contributed by atoms with Crippen LogP contribution < -0.4 is 5.32 Å². The number of hydrogen-bond acceptors (Lipinski definition) is 4. The Kier molecular flexibility index (Phi) is 5.95. The van der Waals surface area contributed by atoms with Gasteiger partial charge in [-0.15, -0.1) is 0 Å². The van der Waals surface area contributed by atoms with Gasteiger partial charge in [0.25, 0.3) is 0 Å². The van der Waals surface area contributed by atoms with Crippen molar-refractivity contribution in [1.82, 2.24) is 15.1 Å². The zero-order chi connectivity index (χ0) is 22.5. The fourth-order valence-electron chi connectivity index (χ4n) is 8.78. The maximum atomic E-state index is 13.3. The van der Waals surface area contributed by atoms with Crippen molar-refractivity contribution in [3.05, 3.63) is 18.0 Å². The monoisotopic (exact) mass is 436 g/mol. The third kappa shape index (κ3) is 3.83. The van der Waals surface area contributed by atoms with Crippen molar-refractivity contribution < 1.29 is 4.79 Å². The van der Waals surface area contributed by atoms with E-state index in [2.05, 4.69) is 37.3 Å². The van der Waals surface area contributed by atoms with Gasteiger partial charge in [0, 0.05) is 24.2 Å². The normalized spacial score (nSPS) is 40.9. The number of carbonyl (C=O) groups is 1. The molecular weight excluding hydrogens is 396 g/mol. The molecular formula is C27H40N4O. The molecule has 174 valence electrons. The van der Waals surface area contributed by atoms with Crippen molar-refractivity contribution in [3.63, 3.8) is 0 Å². The Labute approximate surface area is 193 Å². The highest BCUT2D eigenvalue weighted by Gasteiger charge is 2.58. The Balaban J connectivity index is 1.26. The number of aromatic nitrogens is 2. The van der Waals surface area contributed by atoms with Crippen LogP contribution in [0.3, 0.4) is 0 Å². The summed E-state index contributed by atoms with van der Waals surface area (Å²) in [6.07, 6.45) is 15.0. The summed E-state index contributed by atoms with van der Waals surface area (Å²) in [5.41, 5.74) is 0.691. The minimum atomic E-state index is 0.159. The Hall–Kier alpha value is -1.67. The molecule has 0 spiro atoms. The lowest BCUT2D eigenvalue weighted by molar-refractivity contribution is -0.131. The van der Waals surface area contributed by atoms with Crippen LogP contribution in [0.5, 0.6) is 0 Å². The highest BCUT2D eigenvalue weighted by Crippen LogP contribution is 2.64. The van der Waals surface area contributed by atoms with Crippen LogP contribution in [0.4, 0.5) is 0 Å². The molecule has 0 saturated heterocycles. The molecule has 0 radical (unpaired) electrons. The van der Waals surface area contributed by atoms with Crippen molar-refractivity contribution in [1.29, 1.82) is 5.26 Å². The van der Waals surface area contributed by atoms with Gasteiger partial charge in [0.15, 0.2) is 5.78 Å². The van der Waals surface area contributed by atoms with Crippen molar-refractivity contribution in [2.45, 2.75) is 97.2 Å². The van der Waals surface area contributed by atoms with Gasteiger partial charge in [-0.3, -0.25) is 9.48 Å². The van der Waals surface area contributed by atoms with Crippen LogP contribution in [0.25, 0.3) is 0 Å². The van der Waals surface area contributed by atoms with Crippen LogP contribution in [0.15, 0.2) is 12.4 Å². The van der Waals surface area contributed by atoms with E-state index in [1.54, 1.807) is 17.1 Å². The van der Waals surface area contributed by atoms with E-state index in [1.165, 1.54) is 51.4 Å². The second-order valence-electron chi connectivity index (χ2n) is 11.9. The minimum absolute atomic E-state index is 0.159. The van der Waals surface area contributed by atoms with Gasteiger partial charge < -0.3 is 5.32 Å². The van der Waals surface area contributed by atoms with Crippen LogP contribution in [0.2, 0.25) is 0 Å². The average molecular weight is 437 g/mol. The predicted molar refractivity (Wildman–Crippen MR) is 125 cm³/mol. The summed E-state index contributed by atoms with van der Waals surface area (Å²) in [6, 6.07) is 3.42. The summed E-state index contributed by atoms with van der Waals surface area (Å²) in [4.78, 5) is 13.3. The summed E-state index contributed by atoms with van der Waals surface area (Å²) in [5.74, 6) is 4.77. The average Bonchev–Trinajstić information content (AvgIpc) is 3.36. The molecule has 4 fully saturated rings. The lowest BCUT2D eigenvalue weighted by atomic mass is 9.49. The molecule has 8 atom stereocenters. The van der Waals surface area contributed by atoms with Crippen molar-refractivity contribution in [2.75, 3.05) is 0 Å². The lowest BCUT2D eigenvalue weighted by Crippen LogP contribution is -2.51. The van der Waals surface area contributed by atoms with Crippen LogP contribution >= 0.6 is 0 Å². The summed E-state index contributed by atoms with van der Waals surface area (Å²) in [7, 11) is 0. The molecule has 0 aliphatic heterocycles. The van der Waals surface area contributed by atoms with Gasteiger partial charge in [0.1, 0.15) is 6.07 Å². The van der Waals surface area contributed by atoms with E-state index in [1.807, 2.05) is 0 Å². The topological polar surface area (TPSA) is 70.7 Å². The van der Waals surface area contributed by atoms with Crippen LogP contribution in [-0.4, -0.2) is 27.6 Å². The number of fused-ring (bicyclic) bond motifs is 5. The molecule has 4 saturated carbocycles. The van der Waals surface area contributed by atoms with Gasteiger partial charge in [-0.25, -0.2) is 0 Å².